The van der Waals surface area contributed by atoms with Gasteiger partial charge in [-0.1, -0.05) is 55.2 Å². The van der Waals surface area contributed by atoms with Crippen molar-refractivity contribution in [2.45, 2.75) is 26.7 Å². The molecule has 0 saturated carbocycles. The molecule has 0 bridgehead atoms. The molecule has 0 amide bonds. The fraction of sp³-hybridized carbons (Fsp3) is 0.235. The molecule has 1 nitrogen and oxygen atoms in total. The van der Waals surface area contributed by atoms with E-state index < -0.39 is 0 Å². The van der Waals surface area contributed by atoms with E-state index in [0.717, 1.165) is 29.5 Å². The van der Waals surface area contributed by atoms with Gasteiger partial charge in [0.05, 0.1) is 10.0 Å². The fourth-order valence-electron chi connectivity index (χ4n) is 2.19. The van der Waals surface area contributed by atoms with Gasteiger partial charge in [-0.15, -0.1) is 0 Å². The Morgan fingerprint density at radius 2 is 1.75 bits per heavy atom. The first kappa shape index (κ1) is 15.1. The smallest absolute Gasteiger partial charge is 0.194 e. The summed E-state index contributed by atoms with van der Waals surface area (Å²) >= 11 is 12.1. The monoisotopic (exact) mass is 306 g/mol. The lowest BCUT2D eigenvalue weighted by molar-refractivity contribution is 0.103. The van der Waals surface area contributed by atoms with Gasteiger partial charge >= 0.3 is 0 Å². The zero-order valence-corrected chi connectivity index (χ0v) is 13.1. The largest absolute Gasteiger partial charge is 0.289 e. The molecule has 0 unspecified atom stereocenters. The molecule has 0 heterocycles. The molecule has 2 aromatic carbocycles. The zero-order chi connectivity index (χ0) is 14.7. The minimum absolute atomic E-state index is 0.0651. The maximum Gasteiger partial charge on any atom is 0.194 e. The predicted molar refractivity (Wildman–Crippen MR) is 85.1 cm³/mol. The second-order valence-corrected chi connectivity index (χ2v) is 5.41. The van der Waals surface area contributed by atoms with Crippen LogP contribution in [0.3, 0.4) is 0 Å². The van der Waals surface area contributed by atoms with Crippen LogP contribution in [0.4, 0.5) is 0 Å². The lowest BCUT2D eigenvalue weighted by Gasteiger charge is -2.11. The van der Waals surface area contributed by atoms with Gasteiger partial charge in [0.1, 0.15) is 0 Å². The van der Waals surface area contributed by atoms with E-state index in [4.69, 9.17) is 23.2 Å². The van der Waals surface area contributed by atoms with Crippen molar-refractivity contribution in [2.24, 2.45) is 0 Å². The quantitative estimate of drug-likeness (QED) is 0.696. The van der Waals surface area contributed by atoms with Gasteiger partial charge in [-0.2, -0.15) is 0 Å². The van der Waals surface area contributed by atoms with Crippen molar-refractivity contribution in [3.63, 3.8) is 0 Å². The molecule has 0 saturated heterocycles. The van der Waals surface area contributed by atoms with Crippen LogP contribution < -0.4 is 0 Å². The summed E-state index contributed by atoms with van der Waals surface area (Å²) < 4.78 is 0. The zero-order valence-electron chi connectivity index (χ0n) is 11.5. The third-order valence-corrected chi connectivity index (χ3v) is 4.22. The summed E-state index contributed by atoms with van der Waals surface area (Å²) in [4.78, 5) is 12.7. The van der Waals surface area contributed by atoms with E-state index in [1.54, 1.807) is 18.2 Å². The van der Waals surface area contributed by atoms with Gasteiger partial charge in [0, 0.05) is 11.1 Å². The molecular weight excluding hydrogens is 291 g/mol. The minimum Gasteiger partial charge on any atom is -0.289 e. The number of benzene rings is 2. The summed E-state index contributed by atoms with van der Waals surface area (Å²) in [7, 11) is 0. The van der Waals surface area contributed by atoms with Crippen molar-refractivity contribution in [3.8, 4) is 0 Å². The second kappa shape index (κ2) is 6.43. The first-order valence-corrected chi connectivity index (χ1v) is 7.44. The van der Waals surface area contributed by atoms with Crippen LogP contribution in [-0.2, 0) is 12.8 Å². The number of ketones is 1. The van der Waals surface area contributed by atoms with Gasteiger partial charge in [-0.25, -0.2) is 0 Å². The second-order valence-electron chi connectivity index (χ2n) is 4.63. The van der Waals surface area contributed by atoms with Crippen LogP contribution in [0.25, 0.3) is 0 Å². The fourth-order valence-corrected chi connectivity index (χ4v) is 2.57. The molecule has 0 fully saturated rings. The molecule has 0 spiro atoms. The molecule has 0 aliphatic carbocycles. The number of rotatable bonds is 4. The number of hydrogen-bond donors (Lipinski definition) is 0. The van der Waals surface area contributed by atoms with Gasteiger partial charge in [-0.05, 0) is 42.2 Å². The molecular formula is C17H16Cl2O. The molecule has 20 heavy (non-hydrogen) atoms. The van der Waals surface area contributed by atoms with Gasteiger partial charge in [-0.3, -0.25) is 4.79 Å². The number of aryl methyl sites for hydroxylation is 2. The normalized spacial score (nSPS) is 10.6. The summed E-state index contributed by atoms with van der Waals surface area (Å²) in [5, 5.41) is 0.727. The van der Waals surface area contributed by atoms with Crippen molar-refractivity contribution >= 4 is 29.0 Å². The predicted octanol–water partition coefficient (Wildman–Crippen LogP) is 5.35. The highest BCUT2D eigenvalue weighted by Crippen LogP contribution is 2.28. The van der Waals surface area contributed by atoms with Gasteiger partial charge in [0.25, 0.3) is 0 Å². The first-order valence-electron chi connectivity index (χ1n) is 6.69. The summed E-state index contributed by atoms with van der Waals surface area (Å²) in [5.41, 5.74) is 3.35. The molecule has 2 rings (SSSR count). The van der Waals surface area contributed by atoms with E-state index in [-0.39, 0.29) is 5.78 Å². The number of carbonyl (C=O) groups excluding carboxylic acids is 1. The Bertz CT molecular complexity index is 647. The molecule has 0 N–H and O–H groups in total. The van der Waals surface area contributed by atoms with Crippen LogP contribution in [0.15, 0.2) is 36.4 Å². The van der Waals surface area contributed by atoms with Gasteiger partial charge in [0.15, 0.2) is 5.78 Å². The van der Waals surface area contributed by atoms with Crippen molar-refractivity contribution < 1.29 is 4.79 Å². The van der Waals surface area contributed by atoms with Crippen molar-refractivity contribution in [1.29, 1.82) is 0 Å². The highest BCUT2D eigenvalue weighted by molar-refractivity contribution is 6.44. The van der Waals surface area contributed by atoms with E-state index >= 15 is 0 Å². The lowest BCUT2D eigenvalue weighted by atomic mass is 9.94. The molecule has 3 heteroatoms. The van der Waals surface area contributed by atoms with Crippen LogP contribution in [0.2, 0.25) is 10.0 Å². The van der Waals surface area contributed by atoms with E-state index in [2.05, 4.69) is 13.0 Å². The van der Waals surface area contributed by atoms with E-state index in [1.807, 2.05) is 19.1 Å². The summed E-state index contributed by atoms with van der Waals surface area (Å²) in [5.74, 6) is -0.0651. The first-order chi connectivity index (χ1) is 9.58. The van der Waals surface area contributed by atoms with Crippen molar-refractivity contribution in [3.05, 3.63) is 68.7 Å². The van der Waals surface area contributed by atoms with Crippen LogP contribution in [0.1, 0.15) is 40.9 Å². The number of halogens is 2. The minimum atomic E-state index is -0.0651. The highest BCUT2D eigenvalue weighted by Gasteiger charge is 2.17. The summed E-state index contributed by atoms with van der Waals surface area (Å²) in [6, 6.07) is 11.2. The number of carbonyl (C=O) groups is 1. The van der Waals surface area contributed by atoms with Gasteiger partial charge in [0.2, 0.25) is 0 Å². The molecule has 0 aliphatic heterocycles. The Morgan fingerprint density at radius 3 is 2.40 bits per heavy atom. The third-order valence-electron chi connectivity index (χ3n) is 3.40. The topological polar surface area (TPSA) is 17.1 Å². The molecule has 0 radical (unpaired) electrons. The molecule has 104 valence electrons. The van der Waals surface area contributed by atoms with Gasteiger partial charge < -0.3 is 0 Å². The lowest BCUT2D eigenvalue weighted by Crippen LogP contribution is -2.07. The average molecular weight is 307 g/mol. The average Bonchev–Trinajstić information content (AvgIpc) is 2.48. The molecule has 2 aromatic rings. The van der Waals surface area contributed by atoms with Crippen molar-refractivity contribution in [1.82, 2.24) is 0 Å². The number of hydrogen-bond acceptors (Lipinski definition) is 1. The van der Waals surface area contributed by atoms with E-state index in [9.17, 15) is 4.79 Å². The molecule has 0 aliphatic rings. The van der Waals surface area contributed by atoms with E-state index in [0.29, 0.717) is 15.6 Å². The van der Waals surface area contributed by atoms with Crippen LogP contribution in [0.5, 0.6) is 0 Å². The maximum atomic E-state index is 12.7. The summed E-state index contributed by atoms with van der Waals surface area (Å²) in [6.07, 6.45) is 1.71. The van der Waals surface area contributed by atoms with Crippen LogP contribution in [0, 0.1) is 0 Å². The highest BCUT2D eigenvalue weighted by atomic mass is 35.5. The Balaban J connectivity index is 2.55. The SMILES string of the molecule is CCc1ccc(CC)c(C(=O)c2cccc(Cl)c2Cl)c1. The maximum absolute atomic E-state index is 12.7. The Hall–Kier alpha value is -1.31. The van der Waals surface area contributed by atoms with Crippen LogP contribution >= 0.6 is 23.2 Å². The molecule has 0 atom stereocenters. The Kier molecular flexibility index (Phi) is 4.85. The standard InChI is InChI=1S/C17H16Cl2O/c1-3-11-8-9-12(4-2)14(10-11)17(20)13-6-5-7-15(18)16(13)19/h5-10H,3-4H2,1-2H3. The third kappa shape index (κ3) is 2.89. The van der Waals surface area contributed by atoms with E-state index in [1.165, 1.54) is 0 Å². The molecule has 0 aromatic heterocycles. The Labute approximate surface area is 129 Å². The van der Waals surface area contributed by atoms with Crippen molar-refractivity contribution in [2.75, 3.05) is 0 Å². The summed E-state index contributed by atoms with van der Waals surface area (Å²) in [6.45, 7) is 4.11. The van der Waals surface area contributed by atoms with Crippen LogP contribution in [-0.4, -0.2) is 5.78 Å². The Morgan fingerprint density at radius 1 is 1.00 bits per heavy atom.